The molecule has 0 atom stereocenters. The molecule has 1 amide bonds. The largest absolute Gasteiger partial charge is 0.492 e. The lowest BCUT2D eigenvalue weighted by molar-refractivity contribution is -0.120. The number of H-pyrrole nitrogens is 2. The average molecular weight is 395 g/mol. The Labute approximate surface area is 159 Å². The molecule has 27 heavy (non-hydrogen) atoms. The molecule has 2 aromatic rings. The van der Waals surface area contributed by atoms with Crippen molar-refractivity contribution in [3.05, 3.63) is 49.6 Å². The predicted molar refractivity (Wildman–Crippen MR) is 102 cm³/mol. The number of nitrogens with one attached hydrogen (secondary N) is 4. The third-order valence-corrected chi connectivity index (χ3v) is 3.47. The molecule has 2 rings (SSSR count). The Morgan fingerprint density at radius 1 is 1.41 bits per heavy atom. The van der Waals surface area contributed by atoms with E-state index in [1.807, 2.05) is 11.9 Å². The van der Waals surface area contributed by atoms with Gasteiger partial charge in [-0.3, -0.25) is 14.6 Å². The van der Waals surface area contributed by atoms with E-state index in [0.717, 1.165) is 6.42 Å². The van der Waals surface area contributed by atoms with Crippen molar-refractivity contribution in [1.82, 2.24) is 20.6 Å². The Bertz CT molecular complexity index is 924. The number of hydrogen-bond acceptors (Lipinski definition) is 7. The van der Waals surface area contributed by atoms with Crippen LogP contribution in [0.4, 0.5) is 5.82 Å². The number of nitrogens with zero attached hydrogens (tertiary/aromatic N) is 2. The maximum Gasteiger partial charge on any atom is 0.342 e. The minimum atomic E-state index is -0.706. The van der Waals surface area contributed by atoms with Gasteiger partial charge in [-0.2, -0.15) is 5.10 Å². The average Bonchev–Trinajstić information content (AvgIpc) is 2.63. The lowest BCUT2D eigenvalue weighted by atomic mass is 10.2. The van der Waals surface area contributed by atoms with Crippen LogP contribution >= 0.6 is 11.6 Å². The van der Waals surface area contributed by atoms with E-state index in [9.17, 15) is 14.4 Å². The Kier molecular flexibility index (Phi) is 7.56. The van der Waals surface area contributed by atoms with Gasteiger partial charge in [-0.05, 0) is 30.2 Å². The van der Waals surface area contributed by atoms with Crippen LogP contribution in [0.25, 0.3) is 0 Å². The second-order valence-corrected chi connectivity index (χ2v) is 5.77. The summed E-state index contributed by atoms with van der Waals surface area (Å²) in [6.45, 7) is 2.72. The molecule has 10 nitrogen and oxygen atoms in total. The number of rotatable bonds is 9. The molecule has 0 unspecified atom stereocenters. The van der Waals surface area contributed by atoms with Gasteiger partial charge in [-0.25, -0.2) is 15.3 Å². The number of hydrogen-bond donors (Lipinski definition) is 4. The molecule has 1 aromatic heterocycles. The maximum absolute atomic E-state index is 11.7. The van der Waals surface area contributed by atoms with Crippen LogP contribution in [0.2, 0.25) is 5.02 Å². The van der Waals surface area contributed by atoms with Crippen LogP contribution in [0.1, 0.15) is 25.3 Å². The number of anilines is 1. The lowest BCUT2D eigenvalue weighted by Gasteiger charge is -2.07. The fourth-order valence-corrected chi connectivity index (χ4v) is 2.17. The normalized spacial score (nSPS) is 10.7. The first-order valence-electron chi connectivity index (χ1n) is 8.16. The van der Waals surface area contributed by atoms with Gasteiger partial charge in [-0.15, -0.1) is 5.10 Å². The van der Waals surface area contributed by atoms with Gasteiger partial charge in [0.05, 0.1) is 17.8 Å². The third-order valence-electron chi connectivity index (χ3n) is 3.18. The molecule has 0 saturated carbocycles. The van der Waals surface area contributed by atoms with E-state index in [4.69, 9.17) is 16.3 Å². The van der Waals surface area contributed by atoms with Crippen LogP contribution in [0.5, 0.6) is 5.75 Å². The van der Waals surface area contributed by atoms with Gasteiger partial charge in [0.15, 0.2) is 0 Å². The Hall–Kier alpha value is -3.14. The molecule has 0 aliphatic heterocycles. The third kappa shape index (κ3) is 6.59. The van der Waals surface area contributed by atoms with Gasteiger partial charge >= 0.3 is 5.69 Å². The second-order valence-electron chi connectivity index (χ2n) is 5.36. The highest BCUT2D eigenvalue weighted by molar-refractivity contribution is 6.32. The Balaban J connectivity index is 1.78. The standard InChI is InChI=1S/C16H19ClN6O4/c1-2-7-27-12-4-3-10(8-11(12)17)9-19-21-13(24)5-6-18-14-15(25)20-16(26)23-22-14/h3-4,8-9H,2,5-7H2,1H3,(H,18,22)(H,21,24)(H2,20,23,25,26)/b19-9+. The number of aromatic nitrogens is 3. The van der Waals surface area contributed by atoms with E-state index in [-0.39, 0.29) is 24.7 Å². The van der Waals surface area contributed by atoms with Gasteiger partial charge in [0.1, 0.15) is 5.75 Å². The highest BCUT2D eigenvalue weighted by atomic mass is 35.5. The second kappa shape index (κ2) is 10.1. The smallest absolute Gasteiger partial charge is 0.342 e. The zero-order valence-electron chi connectivity index (χ0n) is 14.5. The highest BCUT2D eigenvalue weighted by Gasteiger charge is 2.04. The fraction of sp³-hybridized carbons (Fsp3) is 0.312. The zero-order chi connectivity index (χ0) is 19.6. The topological polar surface area (TPSA) is 141 Å². The van der Waals surface area contributed by atoms with Crippen LogP contribution in [-0.2, 0) is 4.79 Å². The van der Waals surface area contributed by atoms with E-state index in [1.54, 1.807) is 18.2 Å². The van der Waals surface area contributed by atoms with Crippen molar-refractivity contribution < 1.29 is 9.53 Å². The number of aromatic amines is 2. The summed E-state index contributed by atoms with van der Waals surface area (Å²) in [5.41, 5.74) is 1.69. The molecule has 144 valence electrons. The molecule has 0 radical (unpaired) electrons. The summed E-state index contributed by atoms with van der Waals surface area (Å²) in [4.78, 5) is 36.0. The summed E-state index contributed by atoms with van der Waals surface area (Å²) in [7, 11) is 0. The number of amides is 1. The number of benzene rings is 1. The Morgan fingerprint density at radius 2 is 2.22 bits per heavy atom. The van der Waals surface area contributed by atoms with Crippen LogP contribution in [0, 0.1) is 0 Å². The van der Waals surface area contributed by atoms with E-state index in [2.05, 4.69) is 26.0 Å². The Morgan fingerprint density at radius 3 is 2.93 bits per heavy atom. The molecular formula is C16H19ClN6O4. The van der Waals surface area contributed by atoms with E-state index in [0.29, 0.717) is 22.9 Å². The molecular weight excluding hydrogens is 376 g/mol. The van der Waals surface area contributed by atoms with Gasteiger partial charge < -0.3 is 10.1 Å². The van der Waals surface area contributed by atoms with Crippen molar-refractivity contribution in [1.29, 1.82) is 0 Å². The van der Waals surface area contributed by atoms with Crippen LogP contribution in [0.15, 0.2) is 32.9 Å². The van der Waals surface area contributed by atoms with E-state index < -0.39 is 11.2 Å². The number of ether oxygens (including phenoxy) is 1. The monoisotopic (exact) mass is 394 g/mol. The first-order chi connectivity index (χ1) is 13.0. The van der Waals surface area contributed by atoms with Crippen LogP contribution in [-0.4, -0.2) is 40.5 Å². The number of halogens is 1. The molecule has 0 saturated heterocycles. The van der Waals surface area contributed by atoms with Crippen molar-refractivity contribution >= 4 is 29.5 Å². The first kappa shape index (κ1) is 20.2. The molecule has 0 bridgehead atoms. The minimum absolute atomic E-state index is 0.0438. The molecule has 0 spiro atoms. The fourth-order valence-electron chi connectivity index (χ4n) is 1.92. The molecule has 11 heteroatoms. The first-order valence-corrected chi connectivity index (χ1v) is 8.54. The van der Waals surface area contributed by atoms with Crippen molar-refractivity contribution in [2.45, 2.75) is 19.8 Å². The number of carbonyl (C=O) groups excluding carboxylic acids is 1. The summed E-state index contributed by atoms with van der Waals surface area (Å²) in [5.74, 6) is 0.149. The quantitative estimate of drug-likeness (QED) is 0.367. The van der Waals surface area contributed by atoms with Crippen molar-refractivity contribution in [2.24, 2.45) is 5.10 Å². The molecule has 1 aromatic carbocycles. The van der Waals surface area contributed by atoms with Crippen LogP contribution in [0.3, 0.4) is 0 Å². The zero-order valence-corrected chi connectivity index (χ0v) is 15.3. The molecule has 4 N–H and O–H groups in total. The predicted octanol–water partition coefficient (Wildman–Crippen LogP) is 0.853. The van der Waals surface area contributed by atoms with Gasteiger partial charge in [0.25, 0.3) is 5.56 Å². The molecule has 0 fully saturated rings. The summed E-state index contributed by atoms with van der Waals surface area (Å²) < 4.78 is 5.48. The number of hydrazone groups is 1. The lowest BCUT2D eigenvalue weighted by Crippen LogP contribution is -2.28. The summed E-state index contributed by atoms with van der Waals surface area (Å²) in [5, 5.41) is 12.6. The van der Waals surface area contributed by atoms with Crippen molar-refractivity contribution in [3.63, 3.8) is 0 Å². The van der Waals surface area contributed by atoms with Crippen molar-refractivity contribution in [3.8, 4) is 5.75 Å². The highest BCUT2D eigenvalue weighted by Crippen LogP contribution is 2.24. The molecule has 0 aliphatic rings. The number of carbonyl (C=O) groups is 1. The summed E-state index contributed by atoms with van der Waals surface area (Å²) in [6.07, 6.45) is 2.38. The molecule has 1 heterocycles. The van der Waals surface area contributed by atoms with Gasteiger partial charge in [0.2, 0.25) is 11.7 Å². The van der Waals surface area contributed by atoms with E-state index in [1.165, 1.54) is 6.21 Å². The minimum Gasteiger partial charge on any atom is -0.492 e. The van der Waals surface area contributed by atoms with E-state index >= 15 is 0 Å². The van der Waals surface area contributed by atoms with Crippen molar-refractivity contribution in [2.75, 3.05) is 18.5 Å². The van der Waals surface area contributed by atoms with Gasteiger partial charge in [-0.1, -0.05) is 18.5 Å². The maximum atomic E-state index is 11.7. The van der Waals surface area contributed by atoms with Gasteiger partial charge in [0, 0.05) is 13.0 Å². The van der Waals surface area contributed by atoms with Crippen LogP contribution < -0.4 is 26.7 Å². The SMILES string of the molecule is CCCOc1ccc(/C=N/NC(=O)CCNc2n[nH]c(=O)[nH]c2=O)cc1Cl. The summed E-state index contributed by atoms with van der Waals surface area (Å²) in [6, 6.07) is 5.18. The molecule has 0 aliphatic carbocycles. The summed E-state index contributed by atoms with van der Waals surface area (Å²) >= 11 is 6.12.